The molecule has 3 N–H and O–H groups in total. The van der Waals surface area contributed by atoms with Crippen LogP contribution in [0.5, 0.6) is 17.2 Å². The Labute approximate surface area is 186 Å². The Morgan fingerprint density at radius 1 is 1.06 bits per heavy atom. The van der Waals surface area contributed by atoms with Crippen LogP contribution >= 0.6 is 11.6 Å². The van der Waals surface area contributed by atoms with Gasteiger partial charge < -0.3 is 24.9 Å². The van der Waals surface area contributed by atoms with Gasteiger partial charge in [0.15, 0.2) is 11.5 Å². The van der Waals surface area contributed by atoms with E-state index in [2.05, 4.69) is 11.1 Å². The molecule has 0 bridgehead atoms. The number of hydrogen-bond donors (Lipinski definition) is 2. The number of nitrogens with two attached hydrogens (primary N) is 1. The third-order valence-electron chi connectivity index (χ3n) is 6.40. The lowest BCUT2D eigenvalue weighted by Crippen LogP contribution is -2.41. The molecule has 0 amide bonds. The zero-order chi connectivity index (χ0) is 22.0. The number of nitrogens with one attached hydrogen (secondary N) is 1. The van der Waals surface area contributed by atoms with Crippen molar-refractivity contribution in [2.24, 2.45) is 5.73 Å². The van der Waals surface area contributed by atoms with Crippen molar-refractivity contribution in [2.75, 3.05) is 20.8 Å². The normalized spacial score (nSPS) is 21.1. The smallest absolute Gasteiger partial charge is 0.255 e. The second-order valence-electron chi connectivity index (χ2n) is 8.05. The second-order valence-corrected chi connectivity index (χ2v) is 8.46. The molecule has 4 rings (SSSR count). The summed E-state index contributed by atoms with van der Waals surface area (Å²) in [5.41, 5.74) is 7.14. The van der Waals surface area contributed by atoms with Gasteiger partial charge in [-0.1, -0.05) is 17.7 Å². The average Bonchev–Trinajstić information content (AvgIpc) is 2.80. The Hall–Kier alpha value is -2.70. The number of fused-ring (bicyclic) bond motifs is 1. The summed E-state index contributed by atoms with van der Waals surface area (Å²) in [6, 6.07) is 11.4. The minimum atomic E-state index is -0.161. The van der Waals surface area contributed by atoms with E-state index < -0.39 is 0 Å². The minimum Gasteiger partial charge on any atom is -0.493 e. The molecule has 0 aliphatic heterocycles. The van der Waals surface area contributed by atoms with Gasteiger partial charge in [0, 0.05) is 23.5 Å². The van der Waals surface area contributed by atoms with Gasteiger partial charge >= 0.3 is 0 Å². The molecule has 1 heterocycles. The van der Waals surface area contributed by atoms with Crippen molar-refractivity contribution in [3.05, 3.63) is 63.5 Å². The summed E-state index contributed by atoms with van der Waals surface area (Å²) >= 11 is 6.41. The van der Waals surface area contributed by atoms with Crippen molar-refractivity contribution in [1.82, 2.24) is 4.98 Å². The van der Waals surface area contributed by atoms with Crippen molar-refractivity contribution in [3.63, 3.8) is 0 Å². The fraction of sp³-hybridized carbons (Fsp3) is 0.375. The number of pyridine rings is 1. The molecular formula is C24H27ClN2O4. The fourth-order valence-electron chi connectivity index (χ4n) is 4.50. The fourth-order valence-corrected chi connectivity index (χ4v) is 4.71. The number of benzene rings is 2. The number of methoxy groups -OCH3 is 2. The second kappa shape index (κ2) is 8.81. The minimum absolute atomic E-state index is 0.0387. The molecule has 164 valence electrons. The maximum atomic E-state index is 12.0. The van der Waals surface area contributed by atoms with Crippen molar-refractivity contribution in [3.8, 4) is 17.2 Å². The van der Waals surface area contributed by atoms with Crippen molar-refractivity contribution >= 4 is 22.4 Å². The Morgan fingerprint density at radius 3 is 2.48 bits per heavy atom. The molecule has 31 heavy (non-hydrogen) atoms. The first-order chi connectivity index (χ1) is 15.0. The molecule has 0 unspecified atom stereocenters. The lowest BCUT2D eigenvalue weighted by Gasteiger charge is -2.40. The van der Waals surface area contributed by atoms with Crippen LogP contribution in [0.25, 0.3) is 10.8 Å². The van der Waals surface area contributed by atoms with Crippen LogP contribution in [-0.4, -0.2) is 31.9 Å². The summed E-state index contributed by atoms with van der Waals surface area (Å²) in [4.78, 5) is 14.6. The van der Waals surface area contributed by atoms with Gasteiger partial charge in [-0.25, -0.2) is 0 Å². The van der Waals surface area contributed by atoms with Crippen LogP contribution in [0, 0.1) is 0 Å². The molecule has 1 fully saturated rings. The number of H-pyrrole nitrogens is 1. The quantitative estimate of drug-likeness (QED) is 0.590. The Morgan fingerprint density at radius 2 is 1.81 bits per heavy atom. The summed E-state index contributed by atoms with van der Waals surface area (Å²) in [6.07, 6.45) is 5.17. The lowest BCUT2D eigenvalue weighted by atomic mass is 9.68. The van der Waals surface area contributed by atoms with E-state index in [4.69, 9.17) is 31.5 Å². The van der Waals surface area contributed by atoms with Gasteiger partial charge in [0.25, 0.3) is 5.56 Å². The molecule has 0 saturated heterocycles. The van der Waals surface area contributed by atoms with Crippen LogP contribution in [0.15, 0.2) is 47.4 Å². The highest BCUT2D eigenvalue weighted by Gasteiger charge is 2.37. The summed E-state index contributed by atoms with van der Waals surface area (Å²) in [6.45, 7) is 0.550. The molecule has 1 saturated carbocycles. The van der Waals surface area contributed by atoms with Crippen LogP contribution in [0.2, 0.25) is 5.02 Å². The molecule has 1 aliphatic carbocycles. The third-order valence-corrected chi connectivity index (χ3v) is 6.69. The van der Waals surface area contributed by atoms with E-state index in [1.165, 1.54) is 0 Å². The molecule has 0 radical (unpaired) electrons. The maximum Gasteiger partial charge on any atom is 0.255 e. The van der Waals surface area contributed by atoms with E-state index in [0.717, 1.165) is 36.6 Å². The highest BCUT2D eigenvalue weighted by Crippen LogP contribution is 2.43. The van der Waals surface area contributed by atoms with Gasteiger partial charge in [-0.15, -0.1) is 0 Å². The highest BCUT2D eigenvalue weighted by molar-refractivity contribution is 6.32. The zero-order valence-electron chi connectivity index (χ0n) is 17.7. The molecular weight excluding hydrogens is 416 g/mol. The average molecular weight is 443 g/mol. The Bertz CT molecular complexity index is 1140. The number of ether oxygens (including phenoxy) is 3. The molecule has 6 nitrogen and oxygen atoms in total. The third kappa shape index (κ3) is 4.10. The van der Waals surface area contributed by atoms with E-state index in [0.29, 0.717) is 34.2 Å². The van der Waals surface area contributed by atoms with E-state index in [1.54, 1.807) is 26.5 Å². The van der Waals surface area contributed by atoms with Crippen molar-refractivity contribution in [2.45, 2.75) is 37.2 Å². The van der Waals surface area contributed by atoms with Gasteiger partial charge in [-0.3, -0.25) is 4.79 Å². The molecule has 3 aromatic rings. The standard InChI is InChI=1S/C24H27ClN2O4/c1-29-20-4-3-16(12-22(20)30-2)24(14-26)8-5-17(6-9-24)31-21-11-15-7-10-27-23(28)18(15)13-19(21)25/h3-4,7,10-13,17H,5-6,8-9,14,26H2,1-2H3,(H,27,28). The van der Waals surface area contributed by atoms with Crippen molar-refractivity contribution < 1.29 is 14.2 Å². The highest BCUT2D eigenvalue weighted by atomic mass is 35.5. The van der Waals surface area contributed by atoms with Crippen LogP contribution in [-0.2, 0) is 5.41 Å². The monoisotopic (exact) mass is 442 g/mol. The predicted molar refractivity (Wildman–Crippen MR) is 123 cm³/mol. The zero-order valence-corrected chi connectivity index (χ0v) is 18.5. The van der Waals surface area contributed by atoms with E-state index in [1.807, 2.05) is 24.3 Å². The van der Waals surface area contributed by atoms with Crippen molar-refractivity contribution in [1.29, 1.82) is 0 Å². The van der Waals surface area contributed by atoms with Crippen LogP contribution in [0.3, 0.4) is 0 Å². The van der Waals surface area contributed by atoms with Gasteiger partial charge in [0.05, 0.1) is 25.3 Å². The molecule has 2 aromatic carbocycles. The van der Waals surface area contributed by atoms with Gasteiger partial charge in [0.2, 0.25) is 0 Å². The summed E-state index contributed by atoms with van der Waals surface area (Å²) in [5, 5.41) is 1.81. The molecule has 0 atom stereocenters. The molecule has 1 aliphatic rings. The number of halogens is 1. The first-order valence-electron chi connectivity index (χ1n) is 10.4. The first-order valence-corrected chi connectivity index (χ1v) is 10.8. The summed E-state index contributed by atoms with van der Waals surface area (Å²) in [5.74, 6) is 2.03. The van der Waals surface area contributed by atoms with E-state index in [9.17, 15) is 4.79 Å². The van der Waals surface area contributed by atoms with Gasteiger partial charge in [0.1, 0.15) is 5.75 Å². The molecule has 1 aromatic heterocycles. The van der Waals surface area contributed by atoms with E-state index in [-0.39, 0.29) is 17.1 Å². The van der Waals surface area contributed by atoms with Gasteiger partial charge in [-0.05, 0) is 67.0 Å². The Kier molecular flexibility index (Phi) is 6.12. The number of aromatic nitrogens is 1. The predicted octanol–water partition coefficient (Wildman–Crippen LogP) is 4.42. The summed E-state index contributed by atoms with van der Waals surface area (Å²) < 4.78 is 17.1. The maximum absolute atomic E-state index is 12.0. The van der Waals surface area contributed by atoms with Gasteiger partial charge in [-0.2, -0.15) is 0 Å². The number of rotatable bonds is 6. The lowest BCUT2D eigenvalue weighted by molar-refractivity contribution is 0.118. The molecule has 7 heteroatoms. The Balaban J connectivity index is 1.52. The van der Waals surface area contributed by atoms with Crippen LogP contribution in [0.4, 0.5) is 0 Å². The largest absolute Gasteiger partial charge is 0.493 e. The SMILES string of the molecule is COc1ccc(C2(CN)CCC(Oc3cc4cc[nH]c(=O)c4cc3Cl)CC2)cc1OC. The molecule has 0 spiro atoms. The topological polar surface area (TPSA) is 86.6 Å². The van der Waals surface area contributed by atoms with Crippen LogP contribution < -0.4 is 25.5 Å². The van der Waals surface area contributed by atoms with E-state index >= 15 is 0 Å². The first kappa shape index (κ1) is 21.5. The van der Waals surface area contributed by atoms with Crippen LogP contribution in [0.1, 0.15) is 31.2 Å². The summed E-state index contributed by atoms with van der Waals surface area (Å²) in [7, 11) is 3.27. The number of hydrogen-bond acceptors (Lipinski definition) is 5. The number of aromatic amines is 1.